The van der Waals surface area contributed by atoms with E-state index in [0.29, 0.717) is 23.3 Å². The standard InChI is InChI=1S/C17H17ClN4O2S/c1-12(16(23)19-9-13-5-2-3-7-15(13)18)25-17-21-20-11-22(17)10-14-6-4-8-24-14/h2-8,11-12H,9-10H2,1H3,(H,19,23). The van der Waals surface area contributed by atoms with Crippen LogP contribution < -0.4 is 5.32 Å². The van der Waals surface area contributed by atoms with Crippen LogP contribution >= 0.6 is 23.4 Å². The van der Waals surface area contributed by atoms with Crippen molar-refractivity contribution in [3.63, 3.8) is 0 Å². The van der Waals surface area contributed by atoms with Crippen molar-refractivity contribution in [1.29, 1.82) is 0 Å². The predicted octanol–water partition coefficient (Wildman–Crippen LogP) is 3.37. The van der Waals surface area contributed by atoms with E-state index >= 15 is 0 Å². The molecular formula is C17H17ClN4O2S. The van der Waals surface area contributed by atoms with Crippen molar-refractivity contribution in [3.8, 4) is 0 Å². The van der Waals surface area contributed by atoms with Crippen molar-refractivity contribution in [2.45, 2.75) is 30.4 Å². The lowest BCUT2D eigenvalue weighted by Crippen LogP contribution is -2.30. The minimum atomic E-state index is -0.318. The predicted molar refractivity (Wildman–Crippen MR) is 96.4 cm³/mol. The van der Waals surface area contributed by atoms with Crippen LogP contribution in [0.2, 0.25) is 5.02 Å². The number of nitrogens with one attached hydrogen (secondary N) is 1. The van der Waals surface area contributed by atoms with E-state index < -0.39 is 0 Å². The summed E-state index contributed by atoms with van der Waals surface area (Å²) in [7, 11) is 0. The molecule has 130 valence electrons. The molecule has 0 aliphatic heterocycles. The fourth-order valence-electron chi connectivity index (χ4n) is 2.19. The Morgan fingerprint density at radius 3 is 2.96 bits per heavy atom. The molecule has 6 nitrogen and oxygen atoms in total. The molecule has 0 aliphatic carbocycles. The molecule has 0 saturated carbocycles. The minimum Gasteiger partial charge on any atom is -0.467 e. The summed E-state index contributed by atoms with van der Waals surface area (Å²) in [4.78, 5) is 12.3. The molecule has 1 unspecified atom stereocenters. The quantitative estimate of drug-likeness (QED) is 0.640. The largest absolute Gasteiger partial charge is 0.467 e. The van der Waals surface area contributed by atoms with E-state index in [1.54, 1.807) is 18.7 Å². The number of halogens is 1. The highest BCUT2D eigenvalue weighted by molar-refractivity contribution is 8.00. The number of hydrogen-bond donors (Lipinski definition) is 1. The average molecular weight is 377 g/mol. The summed E-state index contributed by atoms with van der Waals surface area (Å²) in [6.07, 6.45) is 3.25. The first-order chi connectivity index (χ1) is 12.1. The third-order valence-corrected chi connectivity index (χ3v) is 5.01. The Morgan fingerprint density at radius 2 is 2.20 bits per heavy atom. The molecule has 3 rings (SSSR count). The number of thioether (sulfide) groups is 1. The third-order valence-electron chi connectivity index (χ3n) is 3.55. The van der Waals surface area contributed by atoms with E-state index in [4.69, 9.17) is 16.0 Å². The van der Waals surface area contributed by atoms with Gasteiger partial charge in [0, 0.05) is 11.6 Å². The van der Waals surface area contributed by atoms with E-state index in [2.05, 4.69) is 15.5 Å². The normalized spacial score (nSPS) is 12.1. The number of furan rings is 1. The lowest BCUT2D eigenvalue weighted by Gasteiger charge is -2.12. The Kier molecular flexibility index (Phi) is 5.78. The van der Waals surface area contributed by atoms with Crippen molar-refractivity contribution in [2.24, 2.45) is 0 Å². The molecular weight excluding hydrogens is 360 g/mol. The van der Waals surface area contributed by atoms with Crippen LogP contribution in [0.25, 0.3) is 0 Å². The van der Waals surface area contributed by atoms with Gasteiger partial charge in [0.05, 0.1) is 18.1 Å². The number of hydrogen-bond acceptors (Lipinski definition) is 5. The van der Waals surface area contributed by atoms with Crippen molar-refractivity contribution in [2.75, 3.05) is 0 Å². The van der Waals surface area contributed by atoms with Crippen LogP contribution in [-0.2, 0) is 17.9 Å². The van der Waals surface area contributed by atoms with Crippen molar-refractivity contribution >= 4 is 29.3 Å². The van der Waals surface area contributed by atoms with Gasteiger partial charge in [-0.1, -0.05) is 41.6 Å². The van der Waals surface area contributed by atoms with E-state index in [0.717, 1.165) is 11.3 Å². The number of carbonyl (C=O) groups is 1. The van der Waals surface area contributed by atoms with Gasteiger partial charge in [-0.15, -0.1) is 10.2 Å². The van der Waals surface area contributed by atoms with Crippen LogP contribution in [-0.4, -0.2) is 25.9 Å². The van der Waals surface area contributed by atoms with Gasteiger partial charge in [0.1, 0.15) is 12.1 Å². The molecule has 1 N–H and O–H groups in total. The van der Waals surface area contributed by atoms with Crippen LogP contribution in [0.1, 0.15) is 18.2 Å². The summed E-state index contributed by atoms with van der Waals surface area (Å²) in [5.74, 6) is 0.718. The first kappa shape index (κ1) is 17.6. The van der Waals surface area contributed by atoms with Crippen molar-refractivity contribution in [3.05, 3.63) is 65.3 Å². The highest BCUT2D eigenvalue weighted by atomic mass is 35.5. The monoisotopic (exact) mass is 376 g/mol. The second-order valence-corrected chi connectivity index (χ2v) is 7.11. The smallest absolute Gasteiger partial charge is 0.233 e. The highest BCUT2D eigenvalue weighted by Gasteiger charge is 2.18. The molecule has 0 aliphatic rings. The van der Waals surface area contributed by atoms with Gasteiger partial charge in [-0.3, -0.25) is 4.79 Å². The summed E-state index contributed by atoms with van der Waals surface area (Å²) in [5.41, 5.74) is 0.885. The number of carbonyl (C=O) groups excluding carboxylic acids is 1. The van der Waals surface area contributed by atoms with Gasteiger partial charge in [0.25, 0.3) is 0 Å². The van der Waals surface area contributed by atoms with Crippen LogP contribution in [0.5, 0.6) is 0 Å². The molecule has 2 aromatic heterocycles. The van der Waals surface area contributed by atoms with Crippen LogP contribution in [0.15, 0.2) is 58.6 Å². The van der Waals surface area contributed by atoms with Crippen LogP contribution in [0, 0.1) is 0 Å². The lowest BCUT2D eigenvalue weighted by atomic mass is 10.2. The SMILES string of the molecule is CC(Sc1nncn1Cc1ccco1)C(=O)NCc1ccccc1Cl. The maximum Gasteiger partial charge on any atom is 0.233 e. The fraction of sp³-hybridized carbons (Fsp3) is 0.235. The van der Waals surface area contributed by atoms with Gasteiger partial charge < -0.3 is 14.3 Å². The molecule has 1 aromatic carbocycles. The Bertz CT molecular complexity index is 835. The molecule has 1 amide bonds. The molecule has 8 heteroatoms. The van der Waals surface area contributed by atoms with Gasteiger partial charge in [0.2, 0.25) is 5.91 Å². The maximum absolute atomic E-state index is 12.3. The average Bonchev–Trinajstić information content (AvgIpc) is 3.27. The van der Waals surface area contributed by atoms with E-state index in [-0.39, 0.29) is 11.2 Å². The van der Waals surface area contributed by atoms with Gasteiger partial charge in [-0.25, -0.2) is 0 Å². The zero-order valence-electron chi connectivity index (χ0n) is 13.6. The molecule has 25 heavy (non-hydrogen) atoms. The second kappa shape index (κ2) is 8.22. The van der Waals surface area contributed by atoms with E-state index in [1.165, 1.54) is 11.8 Å². The number of rotatable bonds is 7. The zero-order chi connectivity index (χ0) is 17.6. The van der Waals surface area contributed by atoms with Gasteiger partial charge >= 0.3 is 0 Å². The van der Waals surface area contributed by atoms with Crippen LogP contribution in [0.3, 0.4) is 0 Å². The molecule has 2 heterocycles. The number of amides is 1. The molecule has 0 fully saturated rings. The summed E-state index contributed by atoms with van der Waals surface area (Å²) >= 11 is 7.45. The van der Waals surface area contributed by atoms with Crippen molar-refractivity contribution < 1.29 is 9.21 Å². The first-order valence-corrected chi connectivity index (χ1v) is 8.97. The highest BCUT2D eigenvalue weighted by Crippen LogP contribution is 2.22. The Hall–Kier alpha value is -2.25. The number of nitrogens with zero attached hydrogens (tertiary/aromatic N) is 3. The van der Waals surface area contributed by atoms with Gasteiger partial charge in [-0.2, -0.15) is 0 Å². The second-order valence-electron chi connectivity index (χ2n) is 5.39. The number of benzene rings is 1. The minimum absolute atomic E-state index is 0.0857. The van der Waals surface area contributed by atoms with E-state index in [9.17, 15) is 4.79 Å². The Balaban J connectivity index is 1.57. The summed E-state index contributed by atoms with van der Waals surface area (Å²) in [6, 6.07) is 11.2. The molecule has 0 saturated heterocycles. The van der Waals surface area contributed by atoms with Gasteiger partial charge in [0.15, 0.2) is 5.16 Å². The fourth-order valence-corrected chi connectivity index (χ4v) is 3.24. The topological polar surface area (TPSA) is 73.0 Å². The Morgan fingerprint density at radius 1 is 1.36 bits per heavy atom. The molecule has 1 atom stereocenters. The molecule has 3 aromatic rings. The van der Waals surface area contributed by atoms with Crippen molar-refractivity contribution in [1.82, 2.24) is 20.1 Å². The van der Waals surface area contributed by atoms with E-state index in [1.807, 2.05) is 41.8 Å². The molecule has 0 bridgehead atoms. The maximum atomic E-state index is 12.3. The summed E-state index contributed by atoms with van der Waals surface area (Å²) < 4.78 is 7.18. The molecule has 0 spiro atoms. The number of aromatic nitrogens is 3. The van der Waals surface area contributed by atoms with Crippen LogP contribution in [0.4, 0.5) is 0 Å². The third kappa shape index (κ3) is 4.64. The first-order valence-electron chi connectivity index (χ1n) is 7.71. The summed E-state index contributed by atoms with van der Waals surface area (Å²) in [5, 5.41) is 11.9. The van der Waals surface area contributed by atoms with Gasteiger partial charge in [-0.05, 0) is 30.7 Å². The molecule has 0 radical (unpaired) electrons. The lowest BCUT2D eigenvalue weighted by molar-refractivity contribution is -0.120. The zero-order valence-corrected chi connectivity index (χ0v) is 15.1. The summed E-state index contributed by atoms with van der Waals surface area (Å²) in [6.45, 7) is 2.75. The Labute approximate surface area is 154 Å².